The zero-order chi connectivity index (χ0) is 14.1. The van der Waals surface area contributed by atoms with E-state index in [2.05, 4.69) is 21.4 Å². The molecule has 1 aromatic heterocycles. The van der Waals surface area contributed by atoms with Crippen LogP contribution in [-0.4, -0.2) is 34.8 Å². The van der Waals surface area contributed by atoms with Gasteiger partial charge >= 0.3 is 0 Å². The Kier molecular flexibility index (Phi) is 3.74. The Hall–Kier alpha value is -1.42. The van der Waals surface area contributed by atoms with Gasteiger partial charge in [0.2, 0.25) is 5.95 Å². The van der Waals surface area contributed by atoms with Gasteiger partial charge in [-0.1, -0.05) is 6.58 Å². The van der Waals surface area contributed by atoms with Gasteiger partial charge in [-0.3, -0.25) is 0 Å². The fraction of sp³-hybridized carbons (Fsp3) is 0.625. The summed E-state index contributed by atoms with van der Waals surface area (Å²) in [7, 11) is 0. The lowest BCUT2D eigenvalue weighted by Gasteiger charge is -2.32. The normalized spacial score (nSPS) is 26.6. The van der Waals surface area contributed by atoms with E-state index in [9.17, 15) is 5.11 Å². The van der Waals surface area contributed by atoms with Crippen molar-refractivity contribution in [3.05, 3.63) is 24.5 Å². The van der Waals surface area contributed by atoms with E-state index in [4.69, 9.17) is 0 Å². The first-order chi connectivity index (χ1) is 9.69. The zero-order valence-electron chi connectivity index (χ0n) is 12.1. The van der Waals surface area contributed by atoms with Crippen molar-refractivity contribution in [1.82, 2.24) is 9.97 Å². The molecular weight excluding hydrogens is 250 g/mol. The molecule has 1 aliphatic heterocycles. The highest BCUT2D eigenvalue weighted by Gasteiger charge is 2.43. The number of allylic oxidation sites excluding steroid dienone is 1. The Labute approximate surface area is 120 Å². The van der Waals surface area contributed by atoms with Gasteiger partial charge in [0.05, 0.1) is 0 Å². The van der Waals surface area contributed by atoms with E-state index in [-0.39, 0.29) is 0 Å². The van der Waals surface area contributed by atoms with Gasteiger partial charge in [-0.15, -0.1) is 0 Å². The first kappa shape index (κ1) is 13.6. The van der Waals surface area contributed by atoms with Crippen LogP contribution in [0.15, 0.2) is 19.0 Å². The molecule has 2 heterocycles. The van der Waals surface area contributed by atoms with E-state index < -0.39 is 0 Å². The summed E-state index contributed by atoms with van der Waals surface area (Å²) in [4.78, 5) is 11.2. The number of piperidine rings is 1. The number of aliphatic hydroxyl groups is 1. The number of hydrogen-bond acceptors (Lipinski definition) is 4. The van der Waals surface area contributed by atoms with Crippen LogP contribution < -0.4 is 4.90 Å². The highest BCUT2D eigenvalue weighted by atomic mass is 16.3. The molecule has 0 amide bonds. The van der Waals surface area contributed by atoms with Crippen LogP contribution in [-0.2, 0) is 0 Å². The number of anilines is 1. The average Bonchev–Trinajstić information content (AvgIpc) is 3.27. The number of hydrogen-bond donors (Lipinski definition) is 1. The molecule has 0 radical (unpaired) electrons. The third kappa shape index (κ3) is 2.70. The van der Waals surface area contributed by atoms with E-state index in [1.54, 1.807) is 0 Å². The summed E-state index contributed by atoms with van der Waals surface area (Å²) in [6.45, 7) is 8.31. The zero-order valence-corrected chi connectivity index (χ0v) is 12.1. The van der Waals surface area contributed by atoms with Crippen molar-refractivity contribution in [2.24, 2.45) is 17.8 Å². The average molecular weight is 273 g/mol. The summed E-state index contributed by atoms with van der Waals surface area (Å²) in [5.74, 6) is 2.98. The first-order valence-corrected chi connectivity index (χ1v) is 7.52. The topological polar surface area (TPSA) is 49.2 Å². The van der Waals surface area contributed by atoms with E-state index in [1.165, 1.54) is 19.3 Å². The van der Waals surface area contributed by atoms with Crippen molar-refractivity contribution in [3.8, 4) is 0 Å². The third-order valence-corrected chi connectivity index (χ3v) is 4.77. The number of aromatic nitrogens is 2. The molecular formula is C16H23N3O. The molecule has 3 rings (SSSR count). The summed E-state index contributed by atoms with van der Waals surface area (Å²) in [5.41, 5.74) is 2.01. The second-order valence-corrected chi connectivity index (χ2v) is 6.22. The lowest BCUT2D eigenvalue weighted by atomic mass is 9.91. The second kappa shape index (κ2) is 5.52. The van der Waals surface area contributed by atoms with Crippen LogP contribution in [0.4, 0.5) is 5.95 Å². The smallest absolute Gasteiger partial charge is 0.225 e. The summed E-state index contributed by atoms with van der Waals surface area (Å²) < 4.78 is 0. The molecule has 1 saturated carbocycles. The Morgan fingerprint density at radius 1 is 1.35 bits per heavy atom. The van der Waals surface area contributed by atoms with Crippen molar-refractivity contribution < 1.29 is 5.11 Å². The largest absolute Gasteiger partial charge is 0.396 e. The van der Waals surface area contributed by atoms with Gasteiger partial charge in [0, 0.05) is 37.7 Å². The van der Waals surface area contributed by atoms with Crippen molar-refractivity contribution in [2.75, 3.05) is 24.6 Å². The lowest BCUT2D eigenvalue weighted by molar-refractivity contribution is 0.248. The van der Waals surface area contributed by atoms with Crippen molar-refractivity contribution in [3.63, 3.8) is 0 Å². The minimum Gasteiger partial charge on any atom is -0.396 e. The van der Waals surface area contributed by atoms with E-state index in [1.807, 2.05) is 19.3 Å². The third-order valence-electron chi connectivity index (χ3n) is 4.77. The summed E-state index contributed by atoms with van der Waals surface area (Å²) in [6, 6.07) is 0. The maximum absolute atomic E-state index is 9.17. The molecule has 1 saturated heterocycles. The quantitative estimate of drug-likeness (QED) is 0.915. The fourth-order valence-corrected chi connectivity index (χ4v) is 3.29. The molecule has 4 heteroatoms. The minimum absolute atomic E-state index is 0.371. The predicted molar refractivity (Wildman–Crippen MR) is 80.4 cm³/mol. The Bertz CT molecular complexity index is 477. The van der Waals surface area contributed by atoms with Gasteiger partial charge < -0.3 is 10.0 Å². The summed E-state index contributed by atoms with van der Waals surface area (Å²) >= 11 is 0. The van der Waals surface area contributed by atoms with Gasteiger partial charge in [-0.2, -0.15) is 0 Å². The van der Waals surface area contributed by atoms with Crippen LogP contribution in [0, 0.1) is 17.8 Å². The van der Waals surface area contributed by atoms with E-state index in [0.29, 0.717) is 12.5 Å². The van der Waals surface area contributed by atoms with Crippen molar-refractivity contribution in [2.45, 2.75) is 26.2 Å². The first-order valence-electron chi connectivity index (χ1n) is 7.52. The van der Waals surface area contributed by atoms with Crippen LogP contribution in [0.5, 0.6) is 0 Å². The molecule has 1 aromatic rings. The second-order valence-electron chi connectivity index (χ2n) is 6.22. The van der Waals surface area contributed by atoms with Crippen molar-refractivity contribution >= 4 is 11.5 Å². The monoisotopic (exact) mass is 273 g/mol. The van der Waals surface area contributed by atoms with Gasteiger partial charge in [0.1, 0.15) is 0 Å². The molecule has 1 N–H and O–H groups in total. The maximum Gasteiger partial charge on any atom is 0.225 e. The van der Waals surface area contributed by atoms with E-state index >= 15 is 0 Å². The van der Waals surface area contributed by atoms with Crippen LogP contribution >= 0.6 is 0 Å². The summed E-state index contributed by atoms with van der Waals surface area (Å²) in [5, 5.41) is 9.17. The van der Waals surface area contributed by atoms with Crippen LogP contribution in [0.3, 0.4) is 0 Å². The number of aliphatic hydroxyl groups excluding tert-OH is 1. The number of rotatable bonds is 4. The van der Waals surface area contributed by atoms with Crippen LogP contribution in [0.1, 0.15) is 31.7 Å². The van der Waals surface area contributed by atoms with Crippen molar-refractivity contribution in [1.29, 1.82) is 0 Å². The predicted octanol–water partition coefficient (Wildman–Crippen LogP) is 2.35. The SMILES string of the molecule is C=C(C)c1cnc(N2CCC(C3CC3CO)CC2)nc1. The molecule has 2 unspecified atom stereocenters. The molecule has 0 bridgehead atoms. The highest BCUT2D eigenvalue weighted by molar-refractivity contribution is 5.59. The van der Waals surface area contributed by atoms with Gasteiger partial charge in [0.25, 0.3) is 0 Å². The van der Waals surface area contributed by atoms with E-state index in [0.717, 1.165) is 42.0 Å². The van der Waals surface area contributed by atoms with Gasteiger partial charge in [0.15, 0.2) is 0 Å². The van der Waals surface area contributed by atoms with Crippen LogP contribution in [0.25, 0.3) is 5.57 Å². The minimum atomic E-state index is 0.371. The maximum atomic E-state index is 9.17. The fourth-order valence-electron chi connectivity index (χ4n) is 3.29. The molecule has 2 atom stereocenters. The highest BCUT2D eigenvalue weighted by Crippen LogP contribution is 2.47. The lowest BCUT2D eigenvalue weighted by Crippen LogP contribution is -2.35. The Morgan fingerprint density at radius 2 is 2.00 bits per heavy atom. The molecule has 2 aliphatic rings. The molecule has 1 aliphatic carbocycles. The Morgan fingerprint density at radius 3 is 2.50 bits per heavy atom. The molecule has 108 valence electrons. The molecule has 4 nitrogen and oxygen atoms in total. The molecule has 20 heavy (non-hydrogen) atoms. The number of nitrogens with zero attached hydrogens (tertiary/aromatic N) is 3. The van der Waals surface area contributed by atoms with Gasteiger partial charge in [-0.25, -0.2) is 9.97 Å². The molecule has 2 fully saturated rings. The standard InChI is InChI=1S/C16H23N3O/c1-11(2)14-8-17-16(18-9-14)19-5-3-12(4-6-19)15-7-13(15)10-20/h8-9,12-13,15,20H,1,3-7,10H2,2H3. The molecule has 0 aromatic carbocycles. The van der Waals surface area contributed by atoms with Gasteiger partial charge in [-0.05, 0) is 49.5 Å². The Balaban J connectivity index is 1.56. The molecule has 0 spiro atoms. The van der Waals surface area contributed by atoms with Crippen LogP contribution in [0.2, 0.25) is 0 Å². The summed E-state index contributed by atoms with van der Waals surface area (Å²) in [6.07, 6.45) is 7.35.